The lowest BCUT2D eigenvalue weighted by molar-refractivity contribution is -0.0498. The molecule has 0 aliphatic rings. The van der Waals surface area contributed by atoms with Crippen LogP contribution in [0.4, 0.5) is 8.78 Å². The van der Waals surface area contributed by atoms with Crippen molar-refractivity contribution in [3.63, 3.8) is 0 Å². The van der Waals surface area contributed by atoms with Crippen LogP contribution in [-0.4, -0.2) is 47.1 Å². The molecule has 2 aromatic rings. The van der Waals surface area contributed by atoms with Gasteiger partial charge in [0, 0.05) is 25.3 Å². The summed E-state index contributed by atoms with van der Waals surface area (Å²) in [4.78, 5) is 4.40. The van der Waals surface area contributed by atoms with E-state index < -0.39 is 12.7 Å². The van der Waals surface area contributed by atoms with Gasteiger partial charge in [0.05, 0.1) is 18.3 Å². The molecule has 9 heteroatoms. The number of aromatic nitrogens is 2. The number of nitrogens with one attached hydrogen (secondary N) is 2. The summed E-state index contributed by atoms with van der Waals surface area (Å²) >= 11 is 0. The minimum atomic E-state index is -2.87. The van der Waals surface area contributed by atoms with Crippen molar-refractivity contribution in [2.45, 2.75) is 46.5 Å². The molecule has 0 amide bonds. The molecular weight excluding hydrogens is 380 g/mol. The molecular formula is C20H29F2N5O2. The SMILES string of the molecule is CCNC(=NCC(O)c1ccc(OC(F)F)cc1)NCCCn1nc(C)cc1C. The Kier molecular flexibility index (Phi) is 8.85. The van der Waals surface area contributed by atoms with Crippen molar-refractivity contribution in [3.8, 4) is 5.75 Å². The molecule has 0 aliphatic carbocycles. The van der Waals surface area contributed by atoms with E-state index in [1.807, 2.05) is 31.5 Å². The van der Waals surface area contributed by atoms with E-state index in [-0.39, 0.29) is 12.3 Å². The highest BCUT2D eigenvalue weighted by Gasteiger charge is 2.10. The highest BCUT2D eigenvalue weighted by Crippen LogP contribution is 2.19. The molecule has 0 fully saturated rings. The van der Waals surface area contributed by atoms with E-state index in [0.717, 1.165) is 24.4 Å². The van der Waals surface area contributed by atoms with Gasteiger partial charge in [0.25, 0.3) is 0 Å². The normalized spacial score (nSPS) is 12.9. The van der Waals surface area contributed by atoms with E-state index in [9.17, 15) is 13.9 Å². The number of nitrogens with zero attached hydrogens (tertiary/aromatic N) is 3. The molecule has 0 spiro atoms. The van der Waals surface area contributed by atoms with Crippen molar-refractivity contribution in [3.05, 3.63) is 47.3 Å². The minimum absolute atomic E-state index is 0.0528. The number of aliphatic imine (C=N–C) groups is 1. The zero-order chi connectivity index (χ0) is 21.2. The highest BCUT2D eigenvalue weighted by molar-refractivity contribution is 5.79. The molecule has 0 saturated carbocycles. The molecule has 1 atom stereocenters. The van der Waals surface area contributed by atoms with Gasteiger partial charge in [0.2, 0.25) is 0 Å². The highest BCUT2D eigenvalue weighted by atomic mass is 19.3. The van der Waals surface area contributed by atoms with Gasteiger partial charge in [-0.1, -0.05) is 12.1 Å². The van der Waals surface area contributed by atoms with Crippen LogP contribution in [-0.2, 0) is 6.54 Å². The van der Waals surface area contributed by atoms with Crippen molar-refractivity contribution >= 4 is 5.96 Å². The molecule has 7 nitrogen and oxygen atoms in total. The molecule has 160 valence electrons. The fourth-order valence-electron chi connectivity index (χ4n) is 2.83. The van der Waals surface area contributed by atoms with Gasteiger partial charge in [-0.05, 0) is 51.0 Å². The van der Waals surface area contributed by atoms with Crippen molar-refractivity contribution < 1.29 is 18.6 Å². The van der Waals surface area contributed by atoms with Crippen LogP contribution < -0.4 is 15.4 Å². The Balaban J connectivity index is 1.83. The third kappa shape index (κ3) is 7.69. The Morgan fingerprint density at radius 1 is 1.24 bits per heavy atom. The van der Waals surface area contributed by atoms with Crippen molar-refractivity contribution in [1.82, 2.24) is 20.4 Å². The van der Waals surface area contributed by atoms with Gasteiger partial charge in [-0.25, -0.2) is 0 Å². The fraction of sp³-hybridized carbons (Fsp3) is 0.500. The van der Waals surface area contributed by atoms with E-state index in [1.165, 1.54) is 12.1 Å². The van der Waals surface area contributed by atoms with E-state index in [2.05, 4.69) is 25.5 Å². The second-order valence-electron chi connectivity index (χ2n) is 6.61. The lowest BCUT2D eigenvalue weighted by Crippen LogP contribution is -2.38. The van der Waals surface area contributed by atoms with Gasteiger partial charge in [-0.2, -0.15) is 13.9 Å². The average Bonchev–Trinajstić information content (AvgIpc) is 3.00. The zero-order valence-electron chi connectivity index (χ0n) is 17.0. The second kappa shape index (κ2) is 11.4. The number of aliphatic hydroxyl groups is 1. The van der Waals surface area contributed by atoms with E-state index in [1.54, 1.807) is 12.1 Å². The van der Waals surface area contributed by atoms with Crippen LogP contribution in [0.5, 0.6) is 5.75 Å². The Labute approximate surface area is 169 Å². The maximum atomic E-state index is 12.2. The Morgan fingerprint density at radius 3 is 2.55 bits per heavy atom. The number of benzene rings is 1. The van der Waals surface area contributed by atoms with Crippen LogP contribution in [0.15, 0.2) is 35.3 Å². The maximum Gasteiger partial charge on any atom is 0.387 e. The minimum Gasteiger partial charge on any atom is -0.435 e. The molecule has 1 unspecified atom stereocenters. The molecule has 2 rings (SSSR count). The van der Waals surface area contributed by atoms with Crippen LogP contribution >= 0.6 is 0 Å². The molecule has 0 radical (unpaired) electrons. The van der Waals surface area contributed by atoms with Crippen molar-refractivity contribution in [2.75, 3.05) is 19.6 Å². The summed E-state index contributed by atoms with van der Waals surface area (Å²) in [6.07, 6.45) is 0.0290. The summed E-state index contributed by atoms with van der Waals surface area (Å²) in [6.45, 7) is 5.45. The van der Waals surface area contributed by atoms with Gasteiger partial charge in [-0.15, -0.1) is 0 Å². The first-order valence-corrected chi connectivity index (χ1v) is 9.65. The molecule has 1 heterocycles. The molecule has 0 saturated heterocycles. The van der Waals surface area contributed by atoms with Gasteiger partial charge in [0.15, 0.2) is 5.96 Å². The smallest absolute Gasteiger partial charge is 0.387 e. The number of aliphatic hydroxyl groups excluding tert-OH is 1. The Morgan fingerprint density at radius 2 is 1.97 bits per heavy atom. The maximum absolute atomic E-state index is 12.2. The number of guanidine groups is 1. The lowest BCUT2D eigenvalue weighted by Gasteiger charge is -2.14. The van der Waals surface area contributed by atoms with Crippen LogP contribution in [0, 0.1) is 13.8 Å². The first-order valence-electron chi connectivity index (χ1n) is 9.65. The van der Waals surface area contributed by atoms with Gasteiger partial charge in [0.1, 0.15) is 5.75 Å². The standard InChI is InChI=1S/C20H29F2N5O2/c1-4-23-20(24-10-5-11-27-15(3)12-14(2)26-27)25-13-18(28)16-6-8-17(9-7-16)29-19(21)22/h6-9,12,18-19,28H,4-5,10-11,13H2,1-3H3,(H2,23,24,25). The summed E-state index contributed by atoms with van der Waals surface area (Å²) in [6, 6.07) is 7.94. The van der Waals surface area contributed by atoms with E-state index >= 15 is 0 Å². The number of rotatable bonds is 10. The monoisotopic (exact) mass is 409 g/mol. The predicted molar refractivity (Wildman–Crippen MR) is 108 cm³/mol. The molecule has 3 N–H and O–H groups in total. The first kappa shape index (κ1) is 22.6. The lowest BCUT2D eigenvalue weighted by atomic mass is 10.1. The molecule has 0 bridgehead atoms. The summed E-state index contributed by atoms with van der Waals surface area (Å²) in [5, 5.41) is 21.1. The zero-order valence-corrected chi connectivity index (χ0v) is 17.0. The quantitative estimate of drug-likeness (QED) is 0.319. The summed E-state index contributed by atoms with van der Waals surface area (Å²) in [7, 11) is 0. The molecule has 29 heavy (non-hydrogen) atoms. The van der Waals surface area contributed by atoms with Crippen LogP contribution in [0.2, 0.25) is 0 Å². The topological polar surface area (TPSA) is 83.7 Å². The predicted octanol–water partition coefficient (Wildman–Crippen LogP) is 2.78. The van der Waals surface area contributed by atoms with Crippen LogP contribution in [0.1, 0.15) is 36.4 Å². The molecule has 1 aromatic heterocycles. The van der Waals surface area contributed by atoms with Crippen molar-refractivity contribution in [1.29, 1.82) is 0 Å². The number of aryl methyl sites for hydroxylation is 3. The van der Waals surface area contributed by atoms with E-state index in [0.29, 0.717) is 24.6 Å². The Bertz CT molecular complexity index is 778. The largest absolute Gasteiger partial charge is 0.435 e. The van der Waals surface area contributed by atoms with Crippen LogP contribution in [0.3, 0.4) is 0 Å². The third-order valence-electron chi connectivity index (χ3n) is 4.20. The number of hydrogen-bond donors (Lipinski definition) is 3. The summed E-state index contributed by atoms with van der Waals surface area (Å²) in [5.74, 6) is 0.662. The van der Waals surface area contributed by atoms with E-state index in [4.69, 9.17) is 0 Å². The van der Waals surface area contributed by atoms with Gasteiger partial charge < -0.3 is 20.5 Å². The summed E-state index contributed by atoms with van der Waals surface area (Å²) in [5.41, 5.74) is 2.72. The fourth-order valence-corrected chi connectivity index (χ4v) is 2.83. The first-order chi connectivity index (χ1) is 13.9. The van der Waals surface area contributed by atoms with Gasteiger partial charge >= 0.3 is 6.61 Å². The number of ether oxygens (including phenoxy) is 1. The summed E-state index contributed by atoms with van der Waals surface area (Å²) < 4.78 is 30.7. The van der Waals surface area contributed by atoms with Crippen molar-refractivity contribution in [2.24, 2.45) is 4.99 Å². The number of hydrogen-bond acceptors (Lipinski definition) is 4. The molecule has 0 aliphatic heterocycles. The molecule has 1 aromatic carbocycles. The number of halogens is 2. The van der Waals surface area contributed by atoms with Gasteiger partial charge in [-0.3, -0.25) is 9.67 Å². The van der Waals surface area contributed by atoms with Crippen LogP contribution in [0.25, 0.3) is 0 Å². The Hall–Kier alpha value is -2.68. The third-order valence-corrected chi connectivity index (χ3v) is 4.20. The second-order valence-corrected chi connectivity index (χ2v) is 6.61. The number of alkyl halides is 2. The average molecular weight is 409 g/mol.